The van der Waals surface area contributed by atoms with E-state index < -0.39 is 6.04 Å². The van der Waals surface area contributed by atoms with Gasteiger partial charge < -0.3 is 5.32 Å². The molecule has 0 saturated carbocycles. The third kappa shape index (κ3) is 6.38. The lowest BCUT2D eigenvalue weighted by atomic mass is 10.0. The van der Waals surface area contributed by atoms with Crippen LogP contribution in [0.3, 0.4) is 0 Å². The third-order valence-electron chi connectivity index (χ3n) is 3.52. The number of thioether (sulfide) groups is 1. The van der Waals surface area contributed by atoms with Gasteiger partial charge >= 0.3 is 0 Å². The highest BCUT2D eigenvalue weighted by molar-refractivity contribution is 7.99. The average molecular weight is 362 g/mol. The van der Waals surface area contributed by atoms with Crippen LogP contribution in [0.5, 0.6) is 0 Å². The van der Waals surface area contributed by atoms with Crippen molar-refractivity contribution in [3.8, 4) is 0 Å². The number of amides is 1. The molecule has 0 aliphatic heterocycles. The second-order valence-electron chi connectivity index (χ2n) is 5.54. The first kappa shape index (κ1) is 18.6. The SMILES string of the molecule is CC(=O)[C@@H](Cc1ccccc1)NC(=O)CSCc1ccc(Cl)cc1. The number of carbonyl (C=O) groups is 2. The summed E-state index contributed by atoms with van der Waals surface area (Å²) in [7, 11) is 0. The van der Waals surface area contributed by atoms with Crippen molar-refractivity contribution in [1.82, 2.24) is 5.32 Å². The first-order valence-electron chi connectivity index (χ1n) is 7.70. The number of nitrogens with one attached hydrogen (secondary N) is 1. The molecule has 0 spiro atoms. The minimum atomic E-state index is -0.476. The summed E-state index contributed by atoms with van der Waals surface area (Å²) in [5, 5.41) is 3.53. The minimum Gasteiger partial charge on any atom is -0.345 e. The number of Topliss-reactive ketones (excluding diaryl/α,β-unsaturated/α-hetero) is 1. The van der Waals surface area contributed by atoms with Gasteiger partial charge in [-0.3, -0.25) is 9.59 Å². The number of benzene rings is 2. The van der Waals surface area contributed by atoms with E-state index in [1.807, 2.05) is 54.6 Å². The fourth-order valence-electron chi connectivity index (χ4n) is 2.22. The second-order valence-corrected chi connectivity index (χ2v) is 6.96. The van der Waals surface area contributed by atoms with Crippen LogP contribution < -0.4 is 5.32 Å². The molecule has 0 fully saturated rings. The van der Waals surface area contributed by atoms with Gasteiger partial charge in [0.1, 0.15) is 0 Å². The predicted octanol–water partition coefficient (Wildman–Crippen LogP) is 3.89. The molecular formula is C19H20ClNO2S. The Morgan fingerprint density at radius 1 is 1.04 bits per heavy atom. The summed E-state index contributed by atoms with van der Waals surface area (Å²) in [6, 6.07) is 16.8. The van der Waals surface area contributed by atoms with E-state index in [-0.39, 0.29) is 11.7 Å². The molecule has 0 saturated heterocycles. The van der Waals surface area contributed by atoms with Gasteiger partial charge in [0.2, 0.25) is 5.91 Å². The Morgan fingerprint density at radius 3 is 2.33 bits per heavy atom. The Hall–Kier alpha value is -1.78. The highest BCUT2D eigenvalue weighted by Crippen LogP contribution is 2.15. The normalized spacial score (nSPS) is 11.8. The number of carbonyl (C=O) groups excluding carboxylic acids is 2. The second kappa shape index (κ2) is 9.50. The van der Waals surface area contributed by atoms with Crippen LogP contribution in [-0.2, 0) is 21.8 Å². The summed E-state index contributed by atoms with van der Waals surface area (Å²) >= 11 is 7.36. The molecule has 1 atom stereocenters. The fraction of sp³-hybridized carbons (Fsp3) is 0.263. The number of ketones is 1. The molecular weight excluding hydrogens is 342 g/mol. The first-order valence-corrected chi connectivity index (χ1v) is 9.24. The largest absolute Gasteiger partial charge is 0.345 e. The van der Waals surface area contributed by atoms with Crippen molar-refractivity contribution >= 4 is 35.1 Å². The van der Waals surface area contributed by atoms with Crippen LogP contribution in [0.4, 0.5) is 0 Å². The molecule has 1 amide bonds. The molecule has 3 nitrogen and oxygen atoms in total. The van der Waals surface area contributed by atoms with Gasteiger partial charge in [0.05, 0.1) is 11.8 Å². The van der Waals surface area contributed by atoms with Gasteiger partial charge in [-0.25, -0.2) is 0 Å². The third-order valence-corrected chi connectivity index (χ3v) is 4.78. The molecule has 1 N–H and O–H groups in total. The molecule has 2 aromatic rings. The van der Waals surface area contributed by atoms with Gasteiger partial charge in [-0.05, 0) is 36.6 Å². The molecule has 5 heteroatoms. The van der Waals surface area contributed by atoms with E-state index in [1.54, 1.807) is 0 Å². The van der Waals surface area contributed by atoms with Crippen LogP contribution in [0.1, 0.15) is 18.1 Å². The molecule has 0 bridgehead atoms. The molecule has 0 unspecified atom stereocenters. The maximum atomic E-state index is 12.1. The zero-order chi connectivity index (χ0) is 17.4. The van der Waals surface area contributed by atoms with E-state index >= 15 is 0 Å². The fourth-order valence-corrected chi connectivity index (χ4v) is 3.15. The van der Waals surface area contributed by atoms with Gasteiger partial charge in [-0.15, -0.1) is 11.8 Å². The van der Waals surface area contributed by atoms with Gasteiger partial charge in [-0.1, -0.05) is 54.1 Å². The smallest absolute Gasteiger partial charge is 0.230 e. The van der Waals surface area contributed by atoms with Crippen LogP contribution in [0.15, 0.2) is 54.6 Å². The van der Waals surface area contributed by atoms with Crippen molar-refractivity contribution < 1.29 is 9.59 Å². The van der Waals surface area contributed by atoms with Crippen LogP contribution in [0, 0.1) is 0 Å². The summed E-state index contributed by atoms with van der Waals surface area (Å²) in [6.07, 6.45) is 0.518. The lowest BCUT2D eigenvalue weighted by Gasteiger charge is -2.16. The Morgan fingerprint density at radius 2 is 1.71 bits per heavy atom. The lowest BCUT2D eigenvalue weighted by Crippen LogP contribution is -2.42. The summed E-state index contributed by atoms with van der Waals surface area (Å²) in [5.41, 5.74) is 2.15. The van der Waals surface area contributed by atoms with E-state index in [9.17, 15) is 9.59 Å². The van der Waals surface area contributed by atoms with E-state index in [0.717, 1.165) is 16.9 Å². The molecule has 2 rings (SSSR count). The van der Waals surface area contributed by atoms with Crippen molar-refractivity contribution in [3.63, 3.8) is 0 Å². The molecule has 0 aliphatic carbocycles. The van der Waals surface area contributed by atoms with Gasteiger partial charge in [0.15, 0.2) is 5.78 Å². The molecule has 2 aromatic carbocycles. The summed E-state index contributed by atoms with van der Waals surface area (Å²) in [6.45, 7) is 1.51. The topological polar surface area (TPSA) is 46.2 Å². The number of hydrogen-bond donors (Lipinski definition) is 1. The molecule has 0 heterocycles. The van der Waals surface area contributed by atoms with Gasteiger partial charge in [0.25, 0.3) is 0 Å². The predicted molar refractivity (Wildman–Crippen MR) is 100 cm³/mol. The van der Waals surface area contributed by atoms with E-state index in [1.165, 1.54) is 18.7 Å². The summed E-state index contributed by atoms with van der Waals surface area (Å²) < 4.78 is 0. The van der Waals surface area contributed by atoms with Crippen LogP contribution in [-0.4, -0.2) is 23.5 Å². The maximum absolute atomic E-state index is 12.1. The Labute approximate surface area is 151 Å². The van der Waals surface area contributed by atoms with Gasteiger partial charge in [-0.2, -0.15) is 0 Å². The molecule has 0 aliphatic rings. The molecule has 126 valence electrons. The molecule has 0 radical (unpaired) electrons. The van der Waals surface area contributed by atoms with Crippen molar-refractivity contribution in [2.75, 3.05) is 5.75 Å². The zero-order valence-electron chi connectivity index (χ0n) is 13.5. The van der Waals surface area contributed by atoms with E-state index in [4.69, 9.17) is 11.6 Å². The van der Waals surface area contributed by atoms with Crippen LogP contribution in [0.25, 0.3) is 0 Å². The average Bonchev–Trinajstić information content (AvgIpc) is 2.57. The highest BCUT2D eigenvalue weighted by atomic mass is 35.5. The first-order chi connectivity index (χ1) is 11.5. The van der Waals surface area contributed by atoms with Crippen molar-refractivity contribution in [3.05, 3.63) is 70.7 Å². The standard InChI is InChI=1S/C19H20ClNO2S/c1-14(22)18(11-15-5-3-2-4-6-15)21-19(23)13-24-12-16-7-9-17(20)10-8-16/h2-10,18H,11-13H2,1H3,(H,21,23)/t18-/m1/s1. The summed E-state index contributed by atoms with van der Waals surface area (Å²) in [5.74, 6) is 0.898. The Kier molecular flexibility index (Phi) is 7.35. The number of rotatable bonds is 8. The van der Waals surface area contributed by atoms with Crippen molar-refractivity contribution in [2.24, 2.45) is 0 Å². The quantitative estimate of drug-likeness (QED) is 0.775. The van der Waals surface area contributed by atoms with Crippen molar-refractivity contribution in [2.45, 2.75) is 25.1 Å². The molecule has 0 aromatic heterocycles. The van der Waals surface area contributed by atoms with Crippen molar-refractivity contribution in [1.29, 1.82) is 0 Å². The highest BCUT2D eigenvalue weighted by Gasteiger charge is 2.17. The lowest BCUT2D eigenvalue weighted by molar-refractivity contribution is -0.125. The summed E-state index contributed by atoms with van der Waals surface area (Å²) in [4.78, 5) is 23.9. The maximum Gasteiger partial charge on any atom is 0.230 e. The van der Waals surface area contributed by atoms with Gasteiger partial charge in [0, 0.05) is 10.8 Å². The zero-order valence-corrected chi connectivity index (χ0v) is 15.1. The Bertz CT molecular complexity index is 674. The Balaban J connectivity index is 1.80. The van der Waals surface area contributed by atoms with Crippen LogP contribution in [0.2, 0.25) is 5.02 Å². The number of hydrogen-bond acceptors (Lipinski definition) is 3. The molecule has 24 heavy (non-hydrogen) atoms. The van der Waals surface area contributed by atoms with Crippen LogP contribution >= 0.6 is 23.4 Å². The monoisotopic (exact) mass is 361 g/mol. The van der Waals surface area contributed by atoms with E-state index in [0.29, 0.717) is 17.2 Å². The number of halogens is 1. The minimum absolute atomic E-state index is 0.0325. The van der Waals surface area contributed by atoms with E-state index in [2.05, 4.69) is 5.32 Å².